The maximum absolute atomic E-state index is 11.2. The van der Waals surface area contributed by atoms with E-state index in [-0.39, 0.29) is 12.1 Å². The third kappa shape index (κ3) is 5.79. The van der Waals surface area contributed by atoms with E-state index in [9.17, 15) is 4.79 Å². The molecule has 0 rings (SSSR count). The first kappa shape index (κ1) is 13.2. The molecular weight excluding hydrogens is 176 g/mol. The zero-order valence-corrected chi connectivity index (χ0v) is 9.80. The monoisotopic (exact) mass is 198 g/mol. The summed E-state index contributed by atoms with van der Waals surface area (Å²) in [5.74, 6) is 0.342. The van der Waals surface area contributed by atoms with Gasteiger partial charge in [0, 0.05) is 5.57 Å². The van der Waals surface area contributed by atoms with Crippen LogP contribution >= 0.6 is 0 Å². The summed E-state index contributed by atoms with van der Waals surface area (Å²) in [7, 11) is 0. The predicted octanol–water partition coefficient (Wildman–Crippen LogP) is 3.32. The van der Waals surface area contributed by atoms with Crippen molar-refractivity contribution >= 4 is 5.97 Å². The normalized spacial score (nSPS) is 14.6. The van der Waals surface area contributed by atoms with Gasteiger partial charge in [-0.3, -0.25) is 0 Å². The minimum Gasteiger partial charge on any atom is -0.459 e. The zero-order chi connectivity index (χ0) is 11.1. The highest BCUT2D eigenvalue weighted by Crippen LogP contribution is 2.14. The van der Waals surface area contributed by atoms with Crippen LogP contribution in [0.15, 0.2) is 12.2 Å². The number of carbonyl (C=O) groups is 1. The molecule has 2 unspecified atom stereocenters. The highest BCUT2D eigenvalue weighted by Gasteiger charge is 2.12. The van der Waals surface area contributed by atoms with E-state index in [1.165, 1.54) is 12.8 Å². The molecule has 2 heteroatoms. The largest absolute Gasteiger partial charge is 0.459 e. The second-order valence-corrected chi connectivity index (χ2v) is 4.13. The van der Waals surface area contributed by atoms with E-state index in [1.54, 1.807) is 6.92 Å². The fourth-order valence-corrected chi connectivity index (χ4v) is 1.51. The number of hydrogen-bond donors (Lipinski definition) is 0. The van der Waals surface area contributed by atoms with Gasteiger partial charge >= 0.3 is 5.97 Å². The van der Waals surface area contributed by atoms with Crippen LogP contribution in [-0.2, 0) is 9.53 Å². The number of esters is 1. The maximum atomic E-state index is 11.2. The molecule has 0 aliphatic rings. The molecule has 14 heavy (non-hydrogen) atoms. The molecule has 0 radical (unpaired) electrons. The fourth-order valence-electron chi connectivity index (χ4n) is 1.51. The Labute approximate surface area is 87.3 Å². The lowest BCUT2D eigenvalue weighted by Crippen LogP contribution is -2.17. The summed E-state index contributed by atoms with van der Waals surface area (Å²) in [4.78, 5) is 11.2. The van der Waals surface area contributed by atoms with Gasteiger partial charge in [-0.05, 0) is 26.2 Å². The fraction of sp³-hybridized carbons (Fsp3) is 0.750. The van der Waals surface area contributed by atoms with Crippen molar-refractivity contribution in [2.45, 2.75) is 53.1 Å². The smallest absolute Gasteiger partial charge is 0.333 e. The van der Waals surface area contributed by atoms with E-state index >= 15 is 0 Å². The molecule has 0 saturated carbocycles. The second-order valence-electron chi connectivity index (χ2n) is 4.13. The minimum absolute atomic E-state index is 0.000694. The van der Waals surface area contributed by atoms with E-state index in [0.29, 0.717) is 11.5 Å². The Morgan fingerprint density at radius 3 is 2.43 bits per heavy atom. The summed E-state index contributed by atoms with van der Waals surface area (Å²) in [5.41, 5.74) is 0.472. The van der Waals surface area contributed by atoms with Crippen LogP contribution in [-0.4, -0.2) is 12.1 Å². The third-order valence-corrected chi connectivity index (χ3v) is 2.17. The Hall–Kier alpha value is -0.790. The van der Waals surface area contributed by atoms with Crippen molar-refractivity contribution < 1.29 is 9.53 Å². The van der Waals surface area contributed by atoms with E-state index < -0.39 is 0 Å². The Morgan fingerprint density at radius 1 is 1.43 bits per heavy atom. The Balaban J connectivity index is 3.80. The number of rotatable bonds is 6. The van der Waals surface area contributed by atoms with Crippen LogP contribution in [0.2, 0.25) is 0 Å². The molecule has 0 fully saturated rings. The molecule has 0 N–H and O–H groups in total. The molecule has 0 aromatic rings. The summed E-state index contributed by atoms with van der Waals surface area (Å²) in [6.45, 7) is 11.5. The molecule has 0 aliphatic heterocycles. The molecule has 0 spiro atoms. The zero-order valence-electron chi connectivity index (χ0n) is 9.80. The van der Waals surface area contributed by atoms with E-state index in [4.69, 9.17) is 4.74 Å². The standard InChI is InChI=1S/C12H22O2/c1-6-7-10(4)8-11(5)14-12(13)9(2)3/h10-11H,2,6-8H2,1,3-5H3. The Kier molecular flexibility index (Phi) is 6.26. The van der Waals surface area contributed by atoms with Crippen LogP contribution in [0.3, 0.4) is 0 Å². The van der Waals surface area contributed by atoms with Crippen LogP contribution in [0.1, 0.15) is 47.0 Å². The van der Waals surface area contributed by atoms with Crippen LogP contribution in [0.4, 0.5) is 0 Å². The lowest BCUT2D eigenvalue weighted by Gasteiger charge is -2.17. The first-order valence-corrected chi connectivity index (χ1v) is 5.33. The minimum atomic E-state index is -0.277. The van der Waals surface area contributed by atoms with E-state index in [2.05, 4.69) is 20.4 Å². The molecule has 0 heterocycles. The van der Waals surface area contributed by atoms with Gasteiger partial charge in [-0.25, -0.2) is 4.79 Å². The number of carbonyl (C=O) groups excluding carboxylic acids is 1. The summed E-state index contributed by atoms with van der Waals surface area (Å²) < 4.78 is 5.19. The molecule has 0 aromatic carbocycles. The molecule has 2 atom stereocenters. The average molecular weight is 198 g/mol. The lowest BCUT2D eigenvalue weighted by molar-refractivity contribution is -0.144. The van der Waals surface area contributed by atoms with Gasteiger partial charge in [0.2, 0.25) is 0 Å². The predicted molar refractivity (Wildman–Crippen MR) is 59.1 cm³/mol. The first-order chi connectivity index (χ1) is 6.47. The first-order valence-electron chi connectivity index (χ1n) is 5.33. The summed E-state index contributed by atoms with van der Waals surface area (Å²) in [5, 5.41) is 0. The van der Waals surface area contributed by atoms with Crippen LogP contribution in [0.5, 0.6) is 0 Å². The van der Waals surface area contributed by atoms with Crippen molar-refractivity contribution in [1.82, 2.24) is 0 Å². The average Bonchev–Trinajstić information content (AvgIpc) is 2.03. The van der Waals surface area contributed by atoms with Gasteiger partial charge in [0.1, 0.15) is 0 Å². The van der Waals surface area contributed by atoms with Gasteiger partial charge in [-0.2, -0.15) is 0 Å². The van der Waals surface area contributed by atoms with Crippen LogP contribution in [0, 0.1) is 5.92 Å². The van der Waals surface area contributed by atoms with Crippen molar-refractivity contribution in [3.8, 4) is 0 Å². The molecule has 0 saturated heterocycles. The lowest BCUT2D eigenvalue weighted by atomic mass is 9.99. The number of ether oxygens (including phenoxy) is 1. The SMILES string of the molecule is C=C(C)C(=O)OC(C)CC(C)CCC. The molecule has 82 valence electrons. The van der Waals surface area contributed by atoms with E-state index in [0.717, 1.165) is 6.42 Å². The summed E-state index contributed by atoms with van der Waals surface area (Å²) in [6.07, 6.45) is 3.31. The molecule has 0 bridgehead atoms. The van der Waals surface area contributed by atoms with Gasteiger partial charge in [0.25, 0.3) is 0 Å². The van der Waals surface area contributed by atoms with Crippen molar-refractivity contribution in [1.29, 1.82) is 0 Å². The third-order valence-electron chi connectivity index (χ3n) is 2.17. The highest BCUT2D eigenvalue weighted by molar-refractivity contribution is 5.87. The highest BCUT2D eigenvalue weighted by atomic mass is 16.5. The van der Waals surface area contributed by atoms with Gasteiger partial charge in [-0.15, -0.1) is 0 Å². The topological polar surface area (TPSA) is 26.3 Å². The van der Waals surface area contributed by atoms with Gasteiger partial charge in [0.15, 0.2) is 0 Å². The van der Waals surface area contributed by atoms with Gasteiger partial charge < -0.3 is 4.74 Å². The van der Waals surface area contributed by atoms with Crippen molar-refractivity contribution in [3.63, 3.8) is 0 Å². The van der Waals surface area contributed by atoms with Crippen molar-refractivity contribution in [2.24, 2.45) is 5.92 Å². The van der Waals surface area contributed by atoms with Gasteiger partial charge in [0.05, 0.1) is 6.10 Å². The van der Waals surface area contributed by atoms with Crippen molar-refractivity contribution in [3.05, 3.63) is 12.2 Å². The maximum Gasteiger partial charge on any atom is 0.333 e. The summed E-state index contributed by atoms with van der Waals surface area (Å²) >= 11 is 0. The molecular formula is C12H22O2. The van der Waals surface area contributed by atoms with Crippen LogP contribution in [0.25, 0.3) is 0 Å². The van der Waals surface area contributed by atoms with Crippen molar-refractivity contribution in [2.75, 3.05) is 0 Å². The molecule has 0 aliphatic carbocycles. The Morgan fingerprint density at radius 2 is 2.00 bits per heavy atom. The second kappa shape index (κ2) is 6.63. The van der Waals surface area contributed by atoms with E-state index in [1.807, 2.05) is 6.92 Å². The van der Waals surface area contributed by atoms with Gasteiger partial charge in [-0.1, -0.05) is 33.3 Å². The van der Waals surface area contributed by atoms with Crippen LogP contribution < -0.4 is 0 Å². The number of hydrogen-bond acceptors (Lipinski definition) is 2. The Bertz CT molecular complexity index is 196. The molecule has 0 aromatic heterocycles. The quantitative estimate of drug-likeness (QED) is 0.483. The molecule has 2 nitrogen and oxygen atoms in total. The summed E-state index contributed by atoms with van der Waals surface area (Å²) in [6, 6.07) is 0. The molecule has 0 amide bonds.